The molecule has 0 aliphatic rings. The van der Waals surface area contributed by atoms with E-state index in [4.69, 9.17) is 15.7 Å². The molecule has 1 heterocycles. The summed E-state index contributed by atoms with van der Waals surface area (Å²) in [6.45, 7) is 0. The molecule has 1 rings (SSSR count). The summed E-state index contributed by atoms with van der Waals surface area (Å²) >= 11 is 0. The molecule has 0 spiro atoms. The molecule has 0 aromatic carbocycles. The van der Waals surface area contributed by atoms with Crippen LogP contribution in [0.5, 0.6) is 0 Å². The minimum atomic E-state index is -4.67. The van der Waals surface area contributed by atoms with E-state index in [1.54, 1.807) is 0 Å². The predicted octanol–water partition coefficient (Wildman–Crippen LogP) is 1.34. The molecule has 1 aromatic rings. The third kappa shape index (κ3) is 2.43. The number of carbonyl (C=O) groups is 1. The molecule has 0 aliphatic carbocycles. The van der Waals surface area contributed by atoms with E-state index in [-0.39, 0.29) is 4.73 Å². The number of halogens is 3. The first-order chi connectivity index (χ1) is 7.21. The molecule has 4 N–H and O–H groups in total. The Labute approximate surface area is 86.4 Å². The molecule has 0 aliphatic heterocycles. The molecule has 0 radical (unpaired) electrons. The Bertz CT molecular complexity index is 438. The predicted molar refractivity (Wildman–Crippen MR) is 44.6 cm³/mol. The van der Waals surface area contributed by atoms with E-state index < -0.39 is 29.4 Å². The van der Waals surface area contributed by atoms with Crippen molar-refractivity contribution in [2.24, 2.45) is 0 Å². The van der Waals surface area contributed by atoms with Crippen LogP contribution in [-0.4, -0.2) is 27.0 Å². The van der Waals surface area contributed by atoms with Crippen molar-refractivity contribution in [2.75, 3.05) is 0 Å². The van der Waals surface area contributed by atoms with Gasteiger partial charge in [0.05, 0.1) is 11.8 Å². The second kappa shape index (κ2) is 3.76. The second-order valence-electron chi connectivity index (χ2n) is 2.76. The highest BCUT2D eigenvalue weighted by molar-refractivity contribution is 6.03. The van der Waals surface area contributed by atoms with E-state index in [1.807, 2.05) is 0 Å². The summed E-state index contributed by atoms with van der Waals surface area (Å²) in [6, 6.07) is 0.457. The molecule has 0 bridgehead atoms. The van der Waals surface area contributed by atoms with Gasteiger partial charge in [-0.25, -0.2) is 4.79 Å². The molecule has 16 heavy (non-hydrogen) atoms. The van der Waals surface area contributed by atoms with Crippen molar-refractivity contribution in [3.8, 4) is 0 Å². The number of hydrogen-bond acceptors (Lipinski definition) is 3. The maximum Gasteiger partial charge on any atom is 0.418 e. The first-order valence-corrected chi connectivity index (χ1v) is 3.79. The first-order valence-electron chi connectivity index (χ1n) is 3.79. The largest absolute Gasteiger partial charge is 0.465 e. The van der Waals surface area contributed by atoms with Crippen LogP contribution in [0.25, 0.3) is 0 Å². The van der Waals surface area contributed by atoms with Gasteiger partial charge in [-0.1, -0.05) is 0 Å². The van der Waals surface area contributed by atoms with Crippen molar-refractivity contribution in [3.63, 3.8) is 0 Å². The number of carboxylic acid groups (broad SMARTS) is 1. The zero-order valence-electron chi connectivity index (χ0n) is 7.54. The number of nitrogens with one attached hydrogen (secondary N) is 2. The van der Waals surface area contributed by atoms with Crippen molar-refractivity contribution in [1.29, 1.82) is 5.41 Å². The Morgan fingerprint density at radius 3 is 2.44 bits per heavy atom. The van der Waals surface area contributed by atoms with Gasteiger partial charge in [-0.3, -0.25) is 10.7 Å². The SMILES string of the molecule is N=C(NC(=O)O)c1cc(C(F)(F)F)cn1O. The van der Waals surface area contributed by atoms with E-state index in [0.29, 0.717) is 12.3 Å². The Kier molecular flexibility index (Phi) is 2.79. The smallest absolute Gasteiger partial charge is 0.418 e. The minimum Gasteiger partial charge on any atom is -0.465 e. The zero-order chi connectivity index (χ0) is 12.5. The molecule has 0 saturated heterocycles. The highest BCUT2D eigenvalue weighted by Gasteiger charge is 2.33. The van der Waals surface area contributed by atoms with E-state index in [2.05, 4.69) is 0 Å². The average Bonchev–Trinajstić information content (AvgIpc) is 2.44. The fourth-order valence-electron chi connectivity index (χ4n) is 0.965. The highest BCUT2D eigenvalue weighted by atomic mass is 19.4. The molecular weight excluding hydrogens is 231 g/mol. The van der Waals surface area contributed by atoms with Crippen molar-refractivity contribution in [3.05, 3.63) is 23.5 Å². The molecule has 0 unspecified atom stereocenters. The van der Waals surface area contributed by atoms with Crippen LogP contribution in [0.3, 0.4) is 0 Å². The fourth-order valence-corrected chi connectivity index (χ4v) is 0.965. The maximum atomic E-state index is 12.2. The Balaban J connectivity index is 3.03. The van der Waals surface area contributed by atoms with E-state index in [1.165, 1.54) is 5.32 Å². The van der Waals surface area contributed by atoms with Gasteiger partial charge in [0.1, 0.15) is 5.69 Å². The van der Waals surface area contributed by atoms with Crippen LogP contribution in [0.15, 0.2) is 12.3 Å². The fraction of sp³-hybridized carbons (Fsp3) is 0.143. The lowest BCUT2D eigenvalue weighted by Crippen LogP contribution is -2.30. The summed E-state index contributed by atoms with van der Waals surface area (Å²) in [6.07, 6.45) is -5.95. The summed E-state index contributed by atoms with van der Waals surface area (Å²) in [5.74, 6) is -0.856. The van der Waals surface area contributed by atoms with Gasteiger partial charge in [0.2, 0.25) is 0 Å². The van der Waals surface area contributed by atoms with Crippen molar-refractivity contribution >= 4 is 11.9 Å². The number of amidine groups is 1. The van der Waals surface area contributed by atoms with Crippen molar-refractivity contribution < 1.29 is 28.3 Å². The quantitative estimate of drug-likeness (QED) is 0.337. The molecule has 1 aromatic heterocycles. The number of alkyl halides is 3. The standard InChI is InChI=1S/C7H6F3N3O3/c8-7(9,10)3-1-4(13(16)2-3)5(11)12-6(14)15/h1-2,16H,(H2,11,12)(H,14,15). The van der Waals surface area contributed by atoms with Crippen LogP contribution in [-0.2, 0) is 6.18 Å². The number of nitrogens with zero attached hydrogens (tertiary/aromatic N) is 1. The van der Waals surface area contributed by atoms with Crippen LogP contribution in [0.4, 0.5) is 18.0 Å². The second-order valence-corrected chi connectivity index (χ2v) is 2.76. The monoisotopic (exact) mass is 237 g/mol. The lowest BCUT2D eigenvalue weighted by atomic mass is 10.3. The average molecular weight is 237 g/mol. The van der Waals surface area contributed by atoms with E-state index in [9.17, 15) is 18.0 Å². The molecule has 0 saturated carbocycles. The van der Waals surface area contributed by atoms with Crippen molar-refractivity contribution in [2.45, 2.75) is 6.18 Å². The molecule has 9 heteroatoms. The van der Waals surface area contributed by atoms with Gasteiger partial charge in [0.25, 0.3) is 0 Å². The van der Waals surface area contributed by atoms with Gasteiger partial charge < -0.3 is 10.3 Å². The molecule has 88 valence electrons. The Morgan fingerprint density at radius 1 is 1.50 bits per heavy atom. The van der Waals surface area contributed by atoms with Gasteiger partial charge in [-0.15, -0.1) is 0 Å². The van der Waals surface area contributed by atoms with Crippen LogP contribution < -0.4 is 5.32 Å². The van der Waals surface area contributed by atoms with Crippen molar-refractivity contribution in [1.82, 2.24) is 10.0 Å². The van der Waals surface area contributed by atoms with Crippen LogP contribution >= 0.6 is 0 Å². The summed E-state index contributed by atoms with van der Waals surface area (Å²) in [5, 5.41) is 25.9. The first kappa shape index (κ1) is 11.9. The summed E-state index contributed by atoms with van der Waals surface area (Å²) in [5.41, 5.74) is -1.78. The Morgan fingerprint density at radius 2 is 2.06 bits per heavy atom. The summed E-state index contributed by atoms with van der Waals surface area (Å²) in [4.78, 5) is 10.1. The van der Waals surface area contributed by atoms with Gasteiger partial charge in [0, 0.05) is 0 Å². The van der Waals surface area contributed by atoms with Gasteiger partial charge in [-0.05, 0) is 6.07 Å². The molecule has 0 fully saturated rings. The third-order valence-electron chi connectivity index (χ3n) is 1.62. The minimum absolute atomic E-state index is 0.0289. The lowest BCUT2D eigenvalue weighted by molar-refractivity contribution is -0.137. The van der Waals surface area contributed by atoms with Crippen LogP contribution in [0.2, 0.25) is 0 Å². The Hall–Kier alpha value is -2.19. The number of amides is 1. The van der Waals surface area contributed by atoms with Gasteiger partial charge in [0.15, 0.2) is 5.84 Å². The maximum absolute atomic E-state index is 12.2. The summed E-state index contributed by atoms with van der Waals surface area (Å²) in [7, 11) is 0. The lowest BCUT2D eigenvalue weighted by Gasteiger charge is -2.02. The van der Waals surface area contributed by atoms with Crippen LogP contribution in [0.1, 0.15) is 11.3 Å². The molecule has 0 atom stereocenters. The topological polar surface area (TPSA) is 98.3 Å². The number of rotatable bonds is 1. The summed E-state index contributed by atoms with van der Waals surface area (Å²) < 4.78 is 36.6. The highest BCUT2D eigenvalue weighted by Crippen LogP contribution is 2.30. The molecular formula is C7H6F3N3O3. The van der Waals surface area contributed by atoms with Gasteiger partial charge in [-0.2, -0.15) is 17.9 Å². The van der Waals surface area contributed by atoms with E-state index >= 15 is 0 Å². The van der Waals surface area contributed by atoms with Crippen LogP contribution in [0, 0.1) is 5.41 Å². The third-order valence-corrected chi connectivity index (χ3v) is 1.62. The van der Waals surface area contributed by atoms with E-state index in [0.717, 1.165) is 0 Å². The molecule has 1 amide bonds. The van der Waals surface area contributed by atoms with Gasteiger partial charge >= 0.3 is 12.3 Å². The zero-order valence-corrected chi connectivity index (χ0v) is 7.54. The normalized spacial score (nSPS) is 11.2. The number of hydrogen-bond donors (Lipinski definition) is 4. The number of aromatic nitrogens is 1. The molecule has 6 nitrogen and oxygen atoms in total.